The minimum atomic E-state index is -0.686. The predicted octanol–water partition coefficient (Wildman–Crippen LogP) is 4.93. The Balaban J connectivity index is 1.45. The maximum absolute atomic E-state index is 13.9. The molecule has 0 aromatic heterocycles. The van der Waals surface area contributed by atoms with Crippen LogP contribution in [0.25, 0.3) is 0 Å². The highest BCUT2D eigenvalue weighted by Crippen LogP contribution is 2.32. The molecule has 2 aromatic carbocycles. The number of aryl methyl sites for hydroxylation is 1. The molecule has 192 valence electrons. The largest absolute Gasteiger partial charge is 0.466 e. The Hall–Kier alpha value is -2.28. The predicted molar refractivity (Wildman–Crippen MR) is 136 cm³/mol. The lowest BCUT2D eigenvalue weighted by molar-refractivity contribution is -0.143. The molecule has 0 bridgehead atoms. The van der Waals surface area contributed by atoms with Crippen LogP contribution in [0.4, 0.5) is 4.39 Å². The van der Waals surface area contributed by atoms with Gasteiger partial charge in [0.1, 0.15) is 5.82 Å². The van der Waals surface area contributed by atoms with Crippen molar-refractivity contribution in [2.45, 2.75) is 77.5 Å². The van der Waals surface area contributed by atoms with Gasteiger partial charge in [0.25, 0.3) is 0 Å². The molecule has 0 spiro atoms. The minimum absolute atomic E-state index is 0.109. The van der Waals surface area contributed by atoms with E-state index in [-0.39, 0.29) is 30.4 Å². The molecule has 0 saturated heterocycles. The van der Waals surface area contributed by atoms with E-state index in [1.165, 1.54) is 23.3 Å². The van der Waals surface area contributed by atoms with Gasteiger partial charge < -0.3 is 19.9 Å². The van der Waals surface area contributed by atoms with Gasteiger partial charge in [0.05, 0.1) is 25.4 Å². The molecule has 0 amide bonds. The van der Waals surface area contributed by atoms with Gasteiger partial charge in [0, 0.05) is 18.5 Å². The standard InChI is InChI=1S/C29H40FNO4/c1-5-34-28(33)13-11-22-10-12-25(30)16-27(22)20(2)35-19-26(32)18-31-29(3,4)17-21-14-23-8-6-7-9-24(23)15-21/h6-10,12,16,20-21,26,31-32H,5,11,13-15,17-19H2,1-4H3/t20-,26+/m1/s1. The molecule has 5 nitrogen and oxygen atoms in total. The van der Waals surface area contributed by atoms with Crippen molar-refractivity contribution in [1.29, 1.82) is 0 Å². The molecule has 0 saturated carbocycles. The van der Waals surface area contributed by atoms with E-state index in [1.54, 1.807) is 13.0 Å². The van der Waals surface area contributed by atoms with Crippen LogP contribution in [-0.2, 0) is 33.5 Å². The van der Waals surface area contributed by atoms with Crippen LogP contribution < -0.4 is 5.32 Å². The van der Waals surface area contributed by atoms with Gasteiger partial charge in [-0.15, -0.1) is 0 Å². The second-order valence-corrected chi connectivity index (χ2v) is 10.3. The number of benzene rings is 2. The fourth-order valence-corrected chi connectivity index (χ4v) is 5.03. The first-order valence-electron chi connectivity index (χ1n) is 12.7. The number of aliphatic hydroxyl groups is 1. The van der Waals surface area contributed by atoms with Crippen molar-refractivity contribution < 1.29 is 23.8 Å². The molecule has 0 aliphatic heterocycles. The molecule has 2 aromatic rings. The lowest BCUT2D eigenvalue weighted by Crippen LogP contribution is -2.45. The summed E-state index contributed by atoms with van der Waals surface area (Å²) in [7, 11) is 0. The van der Waals surface area contributed by atoms with Crippen molar-refractivity contribution in [2.24, 2.45) is 5.92 Å². The molecule has 35 heavy (non-hydrogen) atoms. The Kier molecular flexibility index (Phi) is 9.84. The van der Waals surface area contributed by atoms with Gasteiger partial charge >= 0.3 is 5.97 Å². The van der Waals surface area contributed by atoms with Gasteiger partial charge in [-0.3, -0.25) is 4.79 Å². The molecule has 3 rings (SSSR count). The van der Waals surface area contributed by atoms with E-state index in [9.17, 15) is 14.3 Å². The van der Waals surface area contributed by atoms with E-state index < -0.39 is 12.2 Å². The number of rotatable bonds is 13. The van der Waals surface area contributed by atoms with E-state index in [1.807, 2.05) is 6.92 Å². The average molecular weight is 486 g/mol. The molecule has 6 heteroatoms. The SMILES string of the molecule is CCOC(=O)CCc1ccc(F)cc1[C@@H](C)OC[C@@H](O)CNC(C)(C)CC1Cc2ccccc2C1. The van der Waals surface area contributed by atoms with E-state index >= 15 is 0 Å². The first-order valence-corrected chi connectivity index (χ1v) is 12.7. The number of esters is 1. The lowest BCUT2D eigenvalue weighted by Gasteiger charge is -2.31. The monoisotopic (exact) mass is 485 g/mol. The van der Waals surface area contributed by atoms with Gasteiger partial charge in [-0.25, -0.2) is 4.39 Å². The first kappa shape index (κ1) is 27.3. The number of nitrogens with one attached hydrogen (secondary N) is 1. The van der Waals surface area contributed by atoms with Gasteiger partial charge in [0.15, 0.2) is 0 Å². The molecule has 2 N–H and O–H groups in total. The highest BCUT2D eigenvalue weighted by molar-refractivity contribution is 5.69. The third kappa shape index (κ3) is 8.41. The number of halogens is 1. The maximum Gasteiger partial charge on any atom is 0.306 e. The van der Waals surface area contributed by atoms with Gasteiger partial charge in [-0.05, 0) is 93.7 Å². The molecule has 0 fully saturated rings. The summed E-state index contributed by atoms with van der Waals surface area (Å²) in [6.07, 6.45) is 2.82. The number of carbonyl (C=O) groups excluding carboxylic acids is 1. The molecule has 2 atom stereocenters. The summed E-state index contributed by atoms with van der Waals surface area (Å²) in [5, 5.41) is 14.0. The normalized spacial score (nSPS) is 15.6. The number of aliphatic hydroxyl groups excluding tert-OH is 1. The summed E-state index contributed by atoms with van der Waals surface area (Å²) in [6.45, 7) is 8.84. The topological polar surface area (TPSA) is 67.8 Å². The summed E-state index contributed by atoms with van der Waals surface area (Å²) in [4.78, 5) is 11.7. The zero-order valence-corrected chi connectivity index (χ0v) is 21.5. The fraction of sp³-hybridized carbons (Fsp3) is 0.552. The number of fused-ring (bicyclic) bond motifs is 1. The Labute approximate surface area is 209 Å². The molecule has 0 heterocycles. The van der Waals surface area contributed by atoms with Crippen LogP contribution in [0.15, 0.2) is 42.5 Å². The summed E-state index contributed by atoms with van der Waals surface area (Å²) >= 11 is 0. The highest BCUT2D eigenvalue weighted by atomic mass is 19.1. The van der Waals surface area contributed by atoms with Crippen LogP contribution in [0.1, 0.15) is 68.9 Å². The van der Waals surface area contributed by atoms with Crippen LogP contribution >= 0.6 is 0 Å². The molecule has 1 aliphatic carbocycles. The van der Waals surface area contributed by atoms with Crippen molar-refractivity contribution in [2.75, 3.05) is 19.8 Å². The van der Waals surface area contributed by atoms with Gasteiger partial charge in [-0.2, -0.15) is 0 Å². The highest BCUT2D eigenvalue weighted by Gasteiger charge is 2.28. The first-order chi connectivity index (χ1) is 16.7. The number of hydrogen-bond donors (Lipinski definition) is 2. The number of hydrogen-bond acceptors (Lipinski definition) is 5. The summed E-state index contributed by atoms with van der Waals surface area (Å²) in [6, 6.07) is 13.2. The van der Waals surface area contributed by atoms with E-state index in [0.29, 0.717) is 31.1 Å². The van der Waals surface area contributed by atoms with Gasteiger partial charge in [0.2, 0.25) is 0 Å². The van der Waals surface area contributed by atoms with Crippen molar-refractivity contribution >= 4 is 5.97 Å². The molecule has 0 unspecified atom stereocenters. The summed E-state index contributed by atoms with van der Waals surface area (Å²) in [5.41, 5.74) is 4.33. The third-order valence-electron chi connectivity index (χ3n) is 6.74. The zero-order valence-electron chi connectivity index (χ0n) is 21.5. The second kappa shape index (κ2) is 12.6. The Bertz CT molecular complexity index is 952. The van der Waals surface area contributed by atoms with E-state index in [2.05, 4.69) is 43.4 Å². The van der Waals surface area contributed by atoms with Crippen molar-refractivity contribution in [3.05, 3.63) is 70.5 Å². The Morgan fingerprint density at radius 2 is 1.89 bits per heavy atom. The van der Waals surface area contributed by atoms with Crippen molar-refractivity contribution in [3.63, 3.8) is 0 Å². The lowest BCUT2D eigenvalue weighted by atomic mass is 9.88. The zero-order chi connectivity index (χ0) is 25.4. The smallest absolute Gasteiger partial charge is 0.306 e. The maximum atomic E-state index is 13.9. The minimum Gasteiger partial charge on any atom is -0.466 e. The third-order valence-corrected chi connectivity index (χ3v) is 6.74. The van der Waals surface area contributed by atoms with E-state index in [0.717, 1.165) is 24.8 Å². The molecular weight excluding hydrogens is 445 g/mol. The second-order valence-electron chi connectivity index (χ2n) is 10.3. The van der Waals surface area contributed by atoms with Crippen LogP contribution in [0.3, 0.4) is 0 Å². The number of ether oxygens (including phenoxy) is 2. The van der Waals surface area contributed by atoms with Crippen LogP contribution in [0.2, 0.25) is 0 Å². The van der Waals surface area contributed by atoms with Crippen LogP contribution in [0, 0.1) is 11.7 Å². The van der Waals surface area contributed by atoms with Crippen molar-refractivity contribution in [3.8, 4) is 0 Å². The van der Waals surface area contributed by atoms with Crippen molar-refractivity contribution in [1.82, 2.24) is 5.32 Å². The average Bonchev–Trinajstić information content (AvgIpc) is 3.22. The summed E-state index contributed by atoms with van der Waals surface area (Å²) < 4.78 is 24.8. The molecule has 0 radical (unpaired) electrons. The Morgan fingerprint density at radius 1 is 1.20 bits per heavy atom. The number of carbonyl (C=O) groups is 1. The quantitative estimate of drug-likeness (QED) is 0.394. The van der Waals surface area contributed by atoms with Crippen LogP contribution in [0.5, 0.6) is 0 Å². The fourth-order valence-electron chi connectivity index (χ4n) is 5.03. The molecule has 1 aliphatic rings. The van der Waals surface area contributed by atoms with Crippen LogP contribution in [-0.4, -0.2) is 42.5 Å². The Morgan fingerprint density at radius 3 is 2.54 bits per heavy atom. The van der Waals surface area contributed by atoms with E-state index in [4.69, 9.17) is 9.47 Å². The molecular formula is C29H40FNO4. The summed E-state index contributed by atoms with van der Waals surface area (Å²) in [5.74, 6) is -0.0281. The number of β-amino-alcohol motifs (C(OH)–C–C–N with tert-alkyl or cyclic N) is 1. The van der Waals surface area contributed by atoms with Gasteiger partial charge in [-0.1, -0.05) is 30.3 Å².